The van der Waals surface area contributed by atoms with Gasteiger partial charge in [-0.1, -0.05) is 24.3 Å². The van der Waals surface area contributed by atoms with E-state index in [1.54, 1.807) is 0 Å². The van der Waals surface area contributed by atoms with Gasteiger partial charge in [-0.15, -0.1) is 0 Å². The van der Waals surface area contributed by atoms with E-state index < -0.39 is 6.09 Å². The Morgan fingerprint density at radius 2 is 1.79 bits per heavy atom. The van der Waals surface area contributed by atoms with Crippen LogP contribution in [0.4, 0.5) is 4.79 Å². The van der Waals surface area contributed by atoms with Crippen LogP contribution in [0.1, 0.15) is 0 Å². The number of carboxylic acid groups (broad SMARTS) is 1. The van der Waals surface area contributed by atoms with Gasteiger partial charge in [-0.3, -0.25) is 4.98 Å². The molecule has 4 heteroatoms. The van der Waals surface area contributed by atoms with Gasteiger partial charge in [-0.05, 0) is 16.8 Å². The average molecular weight is 190 g/mol. The SMILES string of the molecule is NC(=O)O.c1ccc2cnccc2c1. The Balaban J connectivity index is 0.000000213. The quantitative estimate of drug-likeness (QED) is 0.665. The van der Waals surface area contributed by atoms with Crippen molar-refractivity contribution >= 4 is 16.9 Å². The first-order valence-electron chi connectivity index (χ1n) is 3.97. The molecule has 0 spiro atoms. The molecule has 0 saturated heterocycles. The van der Waals surface area contributed by atoms with Crippen molar-refractivity contribution in [2.45, 2.75) is 0 Å². The molecule has 2 aromatic rings. The molecular weight excluding hydrogens is 180 g/mol. The number of fused-ring (bicyclic) bond motifs is 1. The molecule has 4 nitrogen and oxygen atoms in total. The summed E-state index contributed by atoms with van der Waals surface area (Å²) in [7, 11) is 0. The molecular formula is C10H10N2O2. The fraction of sp³-hybridized carbons (Fsp3) is 0. The average Bonchev–Trinajstić information content (AvgIpc) is 2.17. The van der Waals surface area contributed by atoms with Crippen molar-refractivity contribution in [3.8, 4) is 0 Å². The molecule has 1 amide bonds. The van der Waals surface area contributed by atoms with E-state index in [1.165, 1.54) is 10.8 Å². The summed E-state index contributed by atoms with van der Waals surface area (Å²) < 4.78 is 0. The molecule has 1 heterocycles. The van der Waals surface area contributed by atoms with Crippen LogP contribution >= 0.6 is 0 Å². The van der Waals surface area contributed by atoms with Crippen LogP contribution in [0.25, 0.3) is 10.8 Å². The van der Waals surface area contributed by atoms with Crippen LogP contribution in [-0.4, -0.2) is 16.2 Å². The van der Waals surface area contributed by atoms with Crippen molar-refractivity contribution in [2.24, 2.45) is 5.73 Å². The molecule has 1 aromatic heterocycles. The molecule has 0 aliphatic carbocycles. The van der Waals surface area contributed by atoms with Crippen molar-refractivity contribution in [3.05, 3.63) is 42.7 Å². The second-order valence-corrected chi connectivity index (χ2v) is 2.56. The van der Waals surface area contributed by atoms with Crippen LogP contribution < -0.4 is 5.73 Å². The molecule has 1 aromatic carbocycles. The van der Waals surface area contributed by atoms with E-state index in [1.807, 2.05) is 30.6 Å². The predicted molar refractivity (Wildman–Crippen MR) is 54.0 cm³/mol. The van der Waals surface area contributed by atoms with Gasteiger partial charge in [0.2, 0.25) is 0 Å². The van der Waals surface area contributed by atoms with Gasteiger partial charge in [0.05, 0.1) is 0 Å². The zero-order valence-corrected chi connectivity index (χ0v) is 7.42. The molecule has 0 unspecified atom stereocenters. The summed E-state index contributed by atoms with van der Waals surface area (Å²) in [5, 5.41) is 9.64. The molecule has 0 atom stereocenters. The lowest BCUT2D eigenvalue weighted by Crippen LogP contribution is -2.03. The molecule has 14 heavy (non-hydrogen) atoms. The van der Waals surface area contributed by atoms with Gasteiger partial charge >= 0.3 is 6.09 Å². The lowest BCUT2D eigenvalue weighted by molar-refractivity contribution is 0.205. The Labute approximate surface area is 81.0 Å². The first-order chi connectivity index (χ1) is 6.70. The first-order valence-corrected chi connectivity index (χ1v) is 3.97. The van der Waals surface area contributed by atoms with Crippen molar-refractivity contribution in [3.63, 3.8) is 0 Å². The lowest BCUT2D eigenvalue weighted by Gasteiger charge is -1.91. The van der Waals surface area contributed by atoms with Crippen molar-refractivity contribution in [1.29, 1.82) is 0 Å². The third kappa shape index (κ3) is 3.10. The summed E-state index contributed by atoms with van der Waals surface area (Å²) in [6.45, 7) is 0. The number of nitrogens with zero attached hydrogens (tertiary/aromatic N) is 1. The van der Waals surface area contributed by atoms with Crippen LogP contribution in [0.2, 0.25) is 0 Å². The number of primary amides is 1. The molecule has 72 valence electrons. The maximum Gasteiger partial charge on any atom is 0.402 e. The minimum atomic E-state index is -1.33. The highest BCUT2D eigenvalue weighted by molar-refractivity contribution is 5.80. The number of hydrogen-bond donors (Lipinski definition) is 2. The van der Waals surface area contributed by atoms with Gasteiger partial charge in [0, 0.05) is 12.4 Å². The van der Waals surface area contributed by atoms with Crippen LogP contribution in [0.5, 0.6) is 0 Å². The minimum absolute atomic E-state index is 1.20. The number of pyridine rings is 1. The molecule has 0 fully saturated rings. The van der Waals surface area contributed by atoms with E-state index in [9.17, 15) is 0 Å². The van der Waals surface area contributed by atoms with Crippen molar-refractivity contribution in [2.75, 3.05) is 0 Å². The van der Waals surface area contributed by atoms with Crippen molar-refractivity contribution in [1.82, 2.24) is 4.98 Å². The molecule has 0 aliphatic rings. The molecule has 3 N–H and O–H groups in total. The Bertz CT molecular complexity index is 360. The van der Waals surface area contributed by atoms with E-state index >= 15 is 0 Å². The highest BCUT2D eigenvalue weighted by Crippen LogP contribution is 2.09. The molecule has 0 radical (unpaired) electrons. The maximum absolute atomic E-state index is 8.78. The van der Waals surface area contributed by atoms with Gasteiger partial charge < -0.3 is 10.8 Å². The highest BCUT2D eigenvalue weighted by atomic mass is 16.4. The summed E-state index contributed by atoms with van der Waals surface area (Å²) >= 11 is 0. The van der Waals surface area contributed by atoms with Crippen LogP contribution in [-0.2, 0) is 0 Å². The maximum atomic E-state index is 8.78. The van der Waals surface area contributed by atoms with Gasteiger partial charge in [-0.2, -0.15) is 0 Å². The van der Waals surface area contributed by atoms with Gasteiger partial charge in [0.25, 0.3) is 0 Å². The largest absolute Gasteiger partial charge is 0.465 e. The van der Waals surface area contributed by atoms with Crippen LogP contribution in [0, 0.1) is 0 Å². The predicted octanol–water partition coefficient (Wildman–Crippen LogP) is 1.86. The smallest absolute Gasteiger partial charge is 0.402 e. The zero-order valence-electron chi connectivity index (χ0n) is 7.42. The topological polar surface area (TPSA) is 76.2 Å². The molecule has 2 rings (SSSR count). The normalized spacial score (nSPS) is 8.86. The first kappa shape index (κ1) is 9.98. The minimum Gasteiger partial charge on any atom is -0.465 e. The second-order valence-electron chi connectivity index (χ2n) is 2.56. The fourth-order valence-electron chi connectivity index (χ4n) is 1.03. The van der Waals surface area contributed by atoms with E-state index in [0.717, 1.165) is 0 Å². The van der Waals surface area contributed by atoms with Crippen LogP contribution in [0.15, 0.2) is 42.7 Å². The summed E-state index contributed by atoms with van der Waals surface area (Å²) in [4.78, 5) is 12.8. The summed E-state index contributed by atoms with van der Waals surface area (Å²) in [5.74, 6) is 0. The lowest BCUT2D eigenvalue weighted by atomic mass is 10.2. The fourth-order valence-corrected chi connectivity index (χ4v) is 1.03. The van der Waals surface area contributed by atoms with Gasteiger partial charge in [0.15, 0.2) is 0 Å². The summed E-state index contributed by atoms with van der Waals surface area (Å²) in [6, 6.07) is 10.2. The number of aromatic nitrogens is 1. The van der Waals surface area contributed by atoms with E-state index in [-0.39, 0.29) is 0 Å². The number of carbonyl (C=O) groups is 1. The Hall–Kier alpha value is -2.10. The Morgan fingerprint density at radius 1 is 1.21 bits per heavy atom. The standard InChI is InChI=1S/C9H7N.CH3NO2/c1-2-4-9-7-10-6-5-8(9)3-1;2-1(3)4/h1-7H;2H2,(H,3,4). The van der Waals surface area contributed by atoms with Crippen LogP contribution in [0.3, 0.4) is 0 Å². The van der Waals surface area contributed by atoms with Gasteiger partial charge in [0.1, 0.15) is 0 Å². The van der Waals surface area contributed by atoms with Crippen molar-refractivity contribution < 1.29 is 9.90 Å². The number of hydrogen-bond acceptors (Lipinski definition) is 2. The highest BCUT2D eigenvalue weighted by Gasteiger charge is 1.86. The monoisotopic (exact) mass is 190 g/mol. The Kier molecular flexibility index (Phi) is 3.43. The zero-order chi connectivity index (χ0) is 10.4. The Morgan fingerprint density at radius 3 is 2.36 bits per heavy atom. The second kappa shape index (κ2) is 4.81. The van der Waals surface area contributed by atoms with Gasteiger partial charge in [-0.25, -0.2) is 4.79 Å². The third-order valence-corrected chi connectivity index (χ3v) is 1.55. The molecule has 0 saturated carbocycles. The summed E-state index contributed by atoms with van der Waals surface area (Å²) in [6.07, 6.45) is 2.34. The van der Waals surface area contributed by atoms with E-state index in [0.29, 0.717) is 0 Å². The third-order valence-electron chi connectivity index (χ3n) is 1.55. The molecule has 0 aliphatic heterocycles. The summed E-state index contributed by atoms with van der Waals surface area (Å²) in [5.41, 5.74) is 4.03. The number of benzene rings is 1. The number of amides is 1. The van der Waals surface area contributed by atoms with E-state index in [4.69, 9.17) is 9.90 Å². The molecule has 0 bridgehead atoms. The van der Waals surface area contributed by atoms with E-state index in [2.05, 4.69) is 22.9 Å². The number of rotatable bonds is 0. The number of nitrogens with two attached hydrogens (primary N) is 1.